The molecule has 1 aliphatic rings. The van der Waals surface area contributed by atoms with Crippen LogP contribution in [0.4, 0.5) is 4.39 Å². The summed E-state index contributed by atoms with van der Waals surface area (Å²) in [4.78, 5) is 4.17. The van der Waals surface area contributed by atoms with E-state index in [0.29, 0.717) is 42.4 Å². The summed E-state index contributed by atoms with van der Waals surface area (Å²) in [5.74, 6) is 0.330. The molecular formula is C15H18FN3O3S. The number of benzene rings is 1. The van der Waals surface area contributed by atoms with Gasteiger partial charge in [-0.1, -0.05) is 17.3 Å². The van der Waals surface area contributed by atoms with E-state index in [9.17, 15) is 12.8 Å². The minimum absolute atomic E-state index is 0.0827. The lowest BCUT2D eigenvalue weighted by atomic mass is 10.1. The Morgan fingerprint density at radius 2 is 2.17 bits per heavy atom. The molecule has 1 saturated heterocycles. The minimum Gasteiger partial charge on any atom is -0.339 e. The minimum atomic E-state index is -3.50. The number of hydrogen-bond acceptors (Lipinski definition) is 5. The number of hydrogen-bond donors (Lipinski definition) is 0. The fraction of sp³-hybridized carbons (Fsp3) is 0.467. The largest absolute Gasteiger partial charge is 0.339 e. The average Bonchev–Trinajstić information content (AvgIpc) is 3.11. The van der Waals surface area contributed by atoms with Crippen LogP contribution in [0.3, 0.4) is 0 Å². The summed E-state index contributed by atoms with van der Waals surface area (Å²) in [6.07, 6.45) is 0.642. The lowest BCUT2D eigenvalue weighted by Crippen LogP contribution is -2.29. The molecule has 2 heterocycles. The van der Waals surface area contributed by atoms with Gasteiger partial charge in [-0.15, -0.1) is 0 Å². The summed E-state index contributed by atoms with van der Waals surface area (Å²) < 4.78 is 45.2. The molecule has 2 aromatic rings. The van der Waals surface area contributed by atoms with Gasteiger partial charge in [0.25, 0.3) is 0 Å². The van der Waals surface area contributed by atoms with Gasteiger partial charge in [-0.2, -0.15) is 4.98 Å². The number of nitrogens with zero attached hydrogens (tertiary/aromatic N) is 3. The molecule has 6 nitrogen and oxygen atoms in total. The lowest BCUT2D eigenvalue weighted by Gasteiger charge is -2.16. The van der Waals surface area contributed by atoms with Crippen molar-refractivity contribution in [3.05, 3.63) is 46.9 Å². The maximum atomic E-state index is 13.6. The van der Waals surface area contributed by atoms with Crippen molar-refractivity contribution in [3.63, 3.8) is 0 Å². The summed E-state index contributed by atoms with van der Waals surface area (Å²) in [7, 11) is -3.50. The second-order valence-corrected chi connectivity index (χ2v) is 7.83. The zero-order chi connectivity index (χ0) is 16.6. The quantitative estimate of drug-likeness (QED) is 0.853. The molecule has 1 aliphatic heterocycles. The Balaban J connectivity index is 1.72. The van der Waals surface area contributed by atoms with Crippen LogP contribution in [0.1, 0.15) is 35.2 Å². The van der Waals surface area contributed by atoms with Crippen molar-refractivity contribution in [2.45, 2.75) is 31.9 Å². The van der Waals surface area contributed by atoms with Gasteiger partial charge in [-0.3, -0.25) is 0 Å². The molecule has 124 valence electrons. The average molecular weight is 339 g/mol. The molecule has 0 saturated carbocycles. The predicted molar refractivity (Wildman–Crippen MR) is 81.7 cm³/mol. The molecule has 0 bridgehead atoms. The lowest BCUT2D eigenvalue weighted by molar-refractivity contribution is 0.351. The van der Waals surface area contributed by atoms with E-state index >= 15 is 0 Å². The Labute approximate surface area is 134 Å². The normalized spacial score (nSPS) is 19.3. The molecule has 0 amide bonds. The van der Waals surface area contributed by atoms with Gasteiger partial charge >= 0.3 is 0 Å². The Morgan fingerprint density at radius 1 is 1.39 bits per heavy atom. The van der Waals surface area contributed by atoms with Crippen molar-refractivity contribution >= 4 is 10.0 Å². The molecule has 23 heavy (non-hydrogen) atoms. The summed E-state index contributed by atoms with van der Waals surface area (Å²) in [5.41, 5.74) is 0.948. The molecule has 0 aliphatic carbocycles. The van der Waals surface area contributed by atoms with Crippen molar-refractivity contribution in [3.8, 4) is 0 Å². The van der Waals surface area contributed by atoms with Gasteiger partial charge in [-0.25, -0.2) is 17.1 Å². The maximum Gasteiger partial charge on any atom is 0.231 e. The van der Waals surface area contributed by atoms with Crippen molar-refractivity contribution in [2.24, 2.45) is 0 Å². The Kier molecular flexibility index (Phi) is 4.20. The van der Waals surface area contributed by atoms with Crippen LogP contribution in [-0.4, -0.2) is 36.0 Å². The number of aryl methyl sites for hydroxylation is 2. The van der Waals surface area contributed by atoms with Gasteiger partial charge in [-0.05, 0) is 37.5 Å². The number of sulfonamides is 1. The van der Waals surface area contributed by atoms with E-state index in [1.54, 1.807) is 26.0 Å². The standard InChI is InChI=1S/C15H18FN3O3S/c1-10-3-4-12(7-14(10)16)9-23(20,21)19-6-5-13(8-19)15-17-11(2)18-22-15/h3-4,7,13H,5-6,8-9H2,1-2H3/t13-/m1/s1. The van der Waals surface area contributed by atoms with Crippen molar-refractivity contribution in [2.75, 3.05) is 13.1 Å². The molecule has 0 unspecified atom stereocenters. The van der Waals surface area contributed by atoms with E-state index < -0.39 is 15.8 Å². The third kappa shape index (κ3) is 3.42. The predicted octanol–water partition coefficient (Wildman–Crippen LogP) is 2.14. The van der Waals surface area contributed by atoms with Crippen molar-refractivity contribution in [1.29, 1.82) is 0 Å². The van der Waals surface area contributed by atoms with E-state index in [1.165, 1.54) is 10.4 Å². The van der Waals surface area contributed by atoms with Crippen LogP contribution in [0.5, 0.6) is 0 Å². The first-order chi connectivity index (χ1) is 10.8. The fourth-order valence-electron chi connectivity index (χ4n) is 2.69. The highest BCUT2D eigenvalue weighted by Gasteiger charge is 2.34. The molecule has 0 spiro atoms. The van der Waals surface area contributed by atoms with Crippen LogP contribution < -0.4 is 0 Å². The van der Waals surface area contributed by atoms with Gasteiger partial charge in [0.1, 0.15) is 5.82 Å². The Hall–Kier alpha value is -1.80. The number of aromatic nitrogens is 2. The molecule has 8 heteroatoms. The van der Waals surface area contributed by atoms with E-state index in [0.717, 1.165) is 0 Å². The number of rotatable bonds is 4. The molecule has 0 N–H and O–H groups in total. The molecule has 1 aromatic carbocycles. The van der Waals surface area contributed by atoms with Crippen LogP contribution in [-0.2, 0) is 15.8 Å². The molecule has 0 radical (unpaired) electrons. The van der Waals surface area contributed by atoms with Crippen LogP contribution in [0, 0.1) is 19.7 Å². The van der Waals surface area contributed by atoms with Gasteiger partial charge in [0.15, 0.2) is 5.82 Å². The Morgan fingerprint density at radius 3 is 2.83 bits per heavy atom. The van der Waals surface area contributed by atoms with E-state index in [1.807, 2.05) is 0 Å². The highest BCUT2D eigenvalue weighted by Crippen LogP contribution is 2.29. The zero-order valence-corrected chi connectivity index (χ0v) is 13.8. The van der Waals surface area contributed by atoms with E-state index in [2.05, 4.69) is 10.1 Å². The van der Waals surface area contributed by atoms with Crippen molar-refractivity contribution < 1.29 is 17.3 Å². The molecule has 1 fully saturated rings. The summed E-state index contributed by atoms with van der Waals surface area (Å²) >= 11 is 0. The van der Waals surface area contributed by atoms with Crippen LogP contribution in [0.2, 0.25) is 0 Å². The molecule has 1 aromatic heterocycles. The van der Waals surface area contributed by atoms with Gasteiger partial charge < -0.3 is 4.52 Å². The van der Waals surface area contributed by atoms with Gasteiger partial charge in [0, 0.05) is 13.1 Å². The van der Waals surface area contributed by atoms with Gasteiger partial charge in [0.05, 0.1) is 11.7 Å². The van der Waals surface area contributed by atoms with Crippen LogP contribution in [0.25, 0.3) is 0 Å². The first-order valence-corrected chi connectivity index (χ1v) is 8.99. The first-order valence-electron chi connectivity index (χ1n) is 7.38. The summed E-state index contributed by atoms with van der Waals surface area (Å²) in [6.45, 7) is 4.09. The second-order valence-electron chi connectivity index (χ2n) is 5.86. The van der Waals surface area contributed by atoms with Crippen LogP contribution >= 0.6 is 0 Å². The summed E-state index contributed by atoms with van der Waals surface area (Å²) in [5, 5.41) is 3.74. The van der Waals surface area contributed by atoms with E-state index in [4.69, 9.17) is 4.52 Å². The van der Waals surface area contributed by atoms with Gasteiger partial charge in [0.2, 0.25) is 15.9 Å². The fourth-order valence-corrected chi connectivity index (χ4v) is 4.26. The van der Waals surface area contributed by atoms with Crippen molar-refractivity contribution in [1.82, 2.24) is 14.4 Å². The second kappa shape index (κ2) is 6.01. The smallest absolute Gasteiger partial charge is 0.231 e. The molecule has 3 rings (SSSR count). The Bertz CT molecular complexity index is 819. The van der Waals surface area contributed by atoms with Crippen LogP contribution in [0.15, 0.2) is 22.7 Å². The van der Waals surface area contributed by atoms with E-state index in [-0.39, 0.29) is 11.7 Å². The monoisotopic (exact) mass is 339 g/mol. The zero-order valence-electron chi connectivity index (χ0n) is 13.0. The third-order valence-corrected chi connectivity index (χ3v) is 5.84. The third-order valence-electron chi connectivity index (χ3n) is 4.02. The topological polar surface area (TPSA) is 76.3 Å². The highest BCUT2D eigenvalue weighted by molar-refractivity contribution is 7.88. The first kappa shape index (κ1) is 16.1. The maximum absolute atomic E-state index is 13.6. The highest BCUT2D eigenvalue weighted by atomic mass is 32.2. The number of halogens is 1. The summed E-state index contributed by atoms with van der Waals surface area (Å²) in [6, 6.07) is 4.51. The molecular weight excluding hydrogens is 321 g/mol. The molecule has 1 atom stereocenters. The SMILES string of the molecule is Cc1noc([C@@H]2CCN(S(=O)(=O)Cc3ccc(C)c(F)c3)C2)n1.